The Bertz CT molecular complexity index is 882. The molecule has 0 spiro atoms. The maximum atomic E-state index is 12.8. The molecule has 2 aromatic carbocycles. The predicted octanol–water partition coefficient (Wildman–Crippen LogP) is 3.93. The first-order valence-electron chi connectivity index (χ1n) is 9.21. The van der Waals surface area contributed by atoms with Crippen LogP contribution in [0.5, 0.6) is 0 Å². The van der Waals surface area contributed by atoms with E-state index in [1.54, 1.807) is 0 Å². The highest BCUT2D eigenvalue weighted by Crippen LogP contribution is 2.26. The van der Waals surface area contributed by atoms with Crippen molar-refractivity contribution in [3.63, 3.8) is 0 Å². The van der Waals surface area contributed by atoms with Gasteiger partial charge in [-0.3, -0.25) is 4.79 Å². The number of nitrogens with one attached hydrogen (secondary N) is 1. The molecule has 0 unspecified atom stereocenters. The Morgan fingerprint density at radius 3 is 2.25 bits per heavy atom. The number of hydrogen-bond acceptors (Lipinski definition) is 4. The van der Waals surface area contributed by atoms with E-state index in [4.69, 9.17) is 11.6 Å². The number of para-hydroxylation sites is 1. The fourth-order valence-electron chi connectivity index (χ4n) is 2.73. The Balaban J connectivity index is 1.85. The first-order chi connectivity index (χ1) is 13.2. The van der Waals surface area contributed by atoms with Crippen molar-refractivity contribution in [3.8, 4) is 0 Å². The molecule has 0 fully saturated rings. The number of sulfone groups is 1. The summed E-state index contributed by atoms with van der Waals surface area (Å²) in [4.78, 5) is 14.8. The lowest BCUT2D eigenvalue weighted by Crippen LogP contribution is -2.48. The Morgan fingerprint density at radius 2 is 1.64 bits per heavy atom. The average molecular weight is 423 g/mol. The van der Waals surface area contributed by atoms with E-state index in [0.717, 1.165) is 25.1 Å². The van der Waals surface area contributed by atoms with Crippen molar-refractivity contribution >= 4 is 33.0 Å². The maximum Gasteiger partial charge on any atom is 0.241 e. The zero-order chi connectivity index (χ0) is 20.8. The molecule has 0 aliphatic heterocycles. The Hall–Kier alpha value is -2.05. The number of amides is 1. The Kier molecular flexibility index (Phi) is 7.49. The molecule has 0 aliphatic carbocycles. The molecule has 0 aliphatic rings. The van der Waals surface area contributed by atoms with E-state index in [1.165, 1.54) is 38.1 Å². The van der Waals surface area contributed by atoms with Crippen LogP contribution >= 0.6 is 11.6 Å². The minimum absolute atomic E-state index is 0.0848. The van der Waals surface area contributed by atoms with Gasteiger partial charge in [0.15, 0.2) is 9.84 Å². The number of unbranched alkanes of at least 4 members (excludes halogenated alkanes) is 1. The second-order valence-corrected chi connectivity index (χ2v) is 10.1. The number of rotatable bonds is 9. The highest BCUT2D eigenvalue weighted by molar-refractivity contribution is 7.93. The van der Waals surface area contributed by atoms with Crippen LogP contribution in [-0.2, 0) is 14.6 Å². The van der Waals surface area contributed by atoms with Gasteiger partial charge in [0.25, 0.3) is 0 Å². The fourth-order valence-corrected chi connectivity index (χ4v) is 4.26. The molecule has 0 saturated carbocycles. The molecule has 7 heteroatoms. The summed E-state index contributed by atoms with van der Waals surface area (Å²) in [6, 6.07) is 15.9. The van der Waals surface area contributed by atoms with Crippen molar-refractivity contribution in [3.05, 3.63) is 59.6 Å². The predicted molar refractivity (Wildman–Crippen MR) is 115 cm³/mol. The van der Waals surface area contributed by atoms with Crippen LogP contribution < -0.4 is 10.2 Å². The Labute approximate surface area is 172 Å². The summed E-state index contributed by atoms with van der Waals surface area (Å²) in [6.45, 7) is 4.14. The van der Waals surface area contributed by atoms with Crippen molar-refractivity contribution in [1.29, 1.82) is 0 Å². The van der Waals surface area contributed by atoms with Crippen LogP contribution in [0.1, 0.15) is 26.7 Å². The van der Waals surface area contributed by atoms with Crippen molar-refractivity contribution in [2.75, 3.05) is 25.0 Å². The van der Waals surface area contributed by atoms with Gasteiger partial charge in [-0.25, -0.2) is 8.42 Å². The van der Waals surface area contributed by atoms with E-state index in [2.05, 4.69) is 10.2 Å². The van der Waals surface area contributed by atoms with E-state index in [0.29, 0.717) is 11.6 Å². The molecule has 0 saturated heterocycles. The Morgan fingerprint density at radius 1 is 1.04 bits per heavy atom. The van der Waals surface area contributed by atoms with Gasteiger partial charge in [-0.05, 0) is 63.1 Å². The van der Waals surface area contributed by atoms with Gasteiger partial charge in [0, 0.05) is 30.8 Å². The summed E-state index contributed by atoms with van der Waals surface area (Å²) in [5, 5.41) is 3.21. The van der Waals surface area contributed by atoms with Crippen molar-refractivity contribution < 1.29 is 13.2 Å². The molecule has 152 valence electrons. The summed E-state index contributed by atoms with van der Waals surface area (Å²) >= 11 is 5.82. The average Bonchev–Trinajstić information content (AvgIpc) is 2.68. The summed E-state index contributed by atoms with van der Waals surface area (Å²) in [6.07, 6.45) is 1.65. The molecule has 0 heterocycles. The molecule has 2 rings (SSSR count). The first kappa shape index (κ1) is 22.2. The monoisotopic (exact) mass is 422 g/mol. The van der Waals surface area contributed by atoms with Crippen LogP contribution in [0.4, 0.5) is 5.69 Å². The van der Waals surface area contributed by atoms with Crippen molar-refractivity contribution in [1.82, 2.24) is 5.32 Å². The number of benzene rings is 2. The van der Waals surface area contributed by atoms with Crippen LogP contribution in [0.25, 0.3) is 0 Å². The standard InChI is InChI=1S/C21H27ClN2O3S/c1-21(2,28(26,27)19-13-11-17(22)12-14-19)20(25)23-15-7-8-16-24(3)18-9-5-4-6-10-18/h4-6,9-14H,7-8,15-16H2,1-3H3,(H,23,25). The van der Waals surface area contributed by atoms with Crippen molar-refractivity contribution in [2.45, 2.75) is 36.3 Å². The lowest BCUT2D eigenvalue weighted by atomic mass is 10.2. The highest BCUT2D eigenvalue weighted by Gasteiger charge is 2.42. The molecule has 0 radical (unpaired) electrons. The third-order valence-electron chi connectivity index (χ3n) is 4.75. The number of hydrogen-bond donors (Lipinski definition) is 1. The SMILES string of the molecule is CN(CCCCNC(=O)C(C)(C)S(=O)(=O)c1ccc(Cl)cc1)c1ccccc1. The molecule has 1 amide bonds. The largest absolute Gasteiger partial charge is 0.375 e. The van der Waals surface area contributed by atoms with Gasteiger partial charge in [0.05, 0.1) is 4.90 Å². The van der Waals surface area contributed by atoms with Crippen LogP contribution in [0.2, 0.25) is 5.02 Å². The van der Waals surface area contributed by atoms with E-state index in [9.17, 15) is 13.2 Å². The van der Waals surface area contributed by atoms with E-state index >= 15 is 0 Å². The second-order valence-electron chi connectivity index (χ2n) is 7.19. The van der Waals surface area contributed by atoms with Gasteiger partial charge < -0.3 is 10.2 Å². The molecule has 1 N–H and O–H groups in total. The molecule has 2 aromatic rings. The minimum atomic E-state index is -3.83. The topological polar surface area (TPSA) is 66.5 Å². The number of carbonyl (C=O) groups is 1. The van der Waals surface area contributed by atoms with Crippen LogP contribution in [0.15, 0.2) is 59.5 Å². The molecule has 0 aromatic heterocycles. The number of nitrogens with zero attached hydrogens (tertiary/aromatic N) is 1. The molecule has 5 nitrogen and oxygen atoms in total. The number of carbonyl (C=O) groups excluding carboxylic acids is 1. The molecular weight excluding hydrogens is 396 g/mol. The highest BCUT2D eigenvalue weighted by atomic mass is 35.5. The smallest absolute Gasteiger partial charge is 0.241 e. The molecular formula is C21H27ClN2O3S. The van der Waals surface area contributed by atoms with Crippen LogP contribution in [-0.4, -0.2) is 39.2 Å². The second kappa shape index (κ2) is 9.43. The van der Waals surface area contributed by atoms with E-state index < -0.39 is 20.5 Å². The quantitative estimate of drug-likeness (QED) is 0.622. The lowest BCUT2D eigenvalue weighted by molar-refractivity contribution is -0.122. The van der Waals surface area contributed by atoms with Gasteiger partial charge >= 0.3 is 0 Å². The summed E-state index contributed by atoms with van der Waals surface area (Å²) in [5.74, 6) is -0.501. The van der Waals surface area contributed by atoms with E-state index in [1.807, 2.05) is 37.4 Å². The summed E-state index contributed by atoms with van der Waals surface area (Å²) in [5.41, 5.74) is 1.14. The third kappa shape index (κ3) is 5.26. The van der Waals surface area contributed by atoms with Crippen LogP contribution in [0, 0.1) is 0 Å². The van der Waals surface area contributed by atoms with Crippen molar-refractivity contribution in [2.24, 2.45) is 0 Å². The van der Waals surface area contributed by atoms with Crippen LogP contribution in [0.3, 0.4) is 0 Å². The van der Waals surface area contributed by atoms with Gasteiger partial charge in [-0.1, -0.05) is 29.8 Å². The molecule has 0 atom stereocenters. The number of anilines is 1. The minimum Gasteiger partial charge on any atom is -0.375 e. The summed E-state index contributed by atoms with van der Waals surface area (Å²) in [7, 11) is -1.80. The van der Waals surface area contributed by atoms with Gasteiger partial charge in [-0.15, -0.1) is 0 Å². The first-order valence-corrected chi connectivity index (χ1v) is 11.1. The van der Waals surface area contributed by atoms with Gasteiger partial charge in [0.1, 0.15) is 4.75 Å². The zero-order valence-corrected chi connectivity index (χ0v) is 18.1. The zero-order valence-electron chi connectivity index (χ0n) is 16.5. The maximum absolute atomic E-state index is 12.8. The molecule has 0 bridgehead atoms. The van der Waals surface area contributed by atoms with E-state index in [-0.39, 0.29) is 4.90 Å². The van der Waals surface area contributed by atoms with Gasteiger partial charge in [-0.2, -0.15) is 0 Å². The number of halogens is 1. The lowest BCUT2D eigenvalue weighted by Gasteiger charge is -2.24. The normalized spacial score (nSPS) is 11.9. The summed E-state index contributed by atoms with van der Waals surface area (Å²) < 4.78 is 24.1. The van der Waals surface area contributed by atoms with Gasteiger partial charge in [0.2, 0.25) is 5.91 Å². The molecule has 28 heavy (non-hydrogen) atoms. The fraction of sp³-hybridized carbons (Fsp3) is 0.381. The third-order valence-corrected chi connectivity index (χ3v) is 7.42.